The molecule has 7 nitrogen and oxygen atoms in total. The molecule has 0 aliphatic carbocycles. The van der Waals surface area contributed by atoms with E-state index >= 15 is 0 Å². The van der Waals surface area contributed by atoms with E-state index in [-0.39, 0.29) is 12.2 Å². The Bertz CT molecular complexity index is 654. The molecule has 1 aromatic rings. The van der Waals surface area contributed by atoms with Crippen molar-refractivity contribution in [1.29, 1.82) is 0 Å². The SMILES string of the molecule is COC(=O)[C@H](Cc1cc(O)c(OC)c(C)c1Br)NC(=O)OC(C)(C)C. The number of hydrogen-bond acceptors (Lipinski definition) is 6. The van der Waals surface area contributed by atoms with Crippen LogP contribution in [-0.2, 0) is 20.7 Å². The van der Waals surface area contributed by atoms with E-state index in [1.807, 2.05) is 0 Å². The highest BCUT2D eigenvalue weighted by Crippen LogP contribution is 2.37. The molecule has 0 heterocycles. The van der Waals surface area contributed by atoms with Crippen LogP contribution in [0.4, 0.5) is 4.79 Å². The average Bonchev–Trinajstić information content (AvgIpc) is 2.49. The fraction of sp³-hybridized carbons (Fsp3) is 0.529. The number of carbonyl (C=O) groups is 2. The fourth-order valence-electron chi connectivity index (χ4n) is 2.24. The van der Waals surface area contributed by atoms with Gasteiger partial charge in [0.1, 0.15) is 11.6 Å². The maximum absolute atomic E-state index is 12.0. The van der Waals surface area contributed by atoms with Crippen LogP contribution >= 0.6 is 15.9 Å². The highest BCUT2D eigenvalue weighted by Gasteiger charge is 2.27. The van der Waals surface area contributed by atoms with Gasteiger partial charge in [-0.3, -0.25) is 0 Å². The average molecular weight is 418 g/mol. The second kappa shape index (κ2) is 8.42. The molecular weight excluding hydrogens is 394 g/mol. The molecule has 0 unspecified atom stereocenters. The number of benzene rings is 1. The molecule has 25 heavy (non-hydrogen) atoms. The first-order chi connectivity index (χ1) is 11.5. The summed E-state index contributed by atoms with van der Waals surface area (Å²) in [6.45, 7) is 6.93. The Kier molecular flexibility index (Phi) is 7.10. The molecule has 0 aromatic heterocycles. The van der Waals surface area contributed by atoms with Crippen molar-refractivity contribution in [1.82, 2.24) is 5.32 Å². The van der Waals surface area contributed by atoms with Crippen molar-refractivity contribution in [3.63, 3.8) is 0 Å². The molecule has 0 radical (unpaired) electrons. The van der Waals surface area contributed by atoms with Crippen molar-refractivity contribution in [2.45, 2.75) is 45.8 Å². The van der Waals surface area contributed by atoms with Crippen LogP contribution in [0.2, 0.25) is 0 Å². The normalized spacial score (nSPS) is 12.3. The number of phenolic OH excluding ortho intramolecular Hbond substituents is 1. The molecule has 8 heteroatoms. The van der Waals surface area contributed by atoms with Gasteiger partial charge in [0.2, 0.25) is 0 Å². The molecule has 0 saturated heterocycles. The monoisotopic (exact) mass is 417 g/mol. The topological polar surface area (TPSA) is 94.1 Å². The number of halogens is 1. The number of esters is 1. The summed E-state index contributed by atoms with van der Waals surface area (Å²) >= 11 is 3.43. The number of nitrogens with one attached hydrogen (secondary N) is 1. The molecule has 1 rings (SSSR count). The van der Waals surface area contributed by atoms with Crippen molar-refractivity contribution < 1.29 is 28.9 Å². The number of amides is 1. The minimum absolute atomic E-state index is 0.0564. The smallest absolute Gasteiger partial charge is 0.408 e. The Balaban J connectivity index is 3.08. The van der Waals surface area contributed by atoms with Gasteiger partial charge >= 0.3 is 12.1 Å². The Morgan fingerprint density at radius 3 is 2.40 bits per heavy atom. The van der Waals surface area contributed by atoms with Gasteiger partial charge in [0.05, 0.1) is 14.2 Å². The minimum atomic E-state index is -0.969. The third-order valence-electron chi connectivity index (χ3n) is 3.30. The number of hydrogen-bond donors (Lipinski definition) is 2. The first-order valence-corrected chi connectivity index (χ1v) is 8.41. The maximum atomic E-state index is 12.0. The highest BCUT2D eigenvalue weighted by atomic mass is 79.9. The number of rotatable bonds is 5. The first-order valence-electron chi connectivity index (χ1n) is 7.62. The molecule has 1 aromatic carbocycles. The molecule has 0 aliphatic heterocycles. The number of methoxy groups -OCH3 is 2. The number of carbonyl (C=O) groups excluding carboxylic acids is 2. The summed E-state index contributed by atoms with van der Waals surface area (Å²) in [6.07, 6.45) is -0.626. The predicted octanol–water partition coefficient (Wildman–Crippen LogP) is 3.08. The number of aromatic hydroxyl groups is 1. The van der Waals surface area contributed by atoms with Gasteiger partial charge in [0.25, 0.3) is 0 Å². The molecular formula is C17H24BrNO6. The van der Waals surface area contributed by atoms with E-state index in [1.165, 1.54) is 20.3 Å². The Labute approximate surface area is 155 Å². The molecule has 0 aliphatic rings. The lowest BCUT2D eigenvalue weighted by molar-refractivity contribution is -0.143. The fourth-order valence-corrected chi connectivity index (χ4v) is 2.69. The predicted molar refractivity (Wildman–Crippen MR) is 96.0 cm³/mol. The summed E-state index contributed by atoms with van der Waals surface area (Å²) in [5.74, 6) is -0.338. The van der Waals surface area contributed by atoms with Crippen LogP contribution in [0.25, 0.3) is 0 Å². The highest BCUT2D eigenvalue weighted by molar-refractivity contribution is 9.10. The van der Waals surface area contributed by atoms with Crippen LogP contribution in [0.1, 0.15) is 31.9 Å². The summed E-state index contributed by atoms with van der Waals surface area (Å²) in [6, 6.07) is 0.506. The van der Waals surface area contributed by atoms with Crippen molar-refractivity contribution in [2.24, 2.45) is 0 Å². The molecule has 0 fully saturated rings. The van der Waals surface area contributed by atoms with E-state index in [4.69, 9.17) is 14.2 Å². The third-order valence-corrected chi connectivity index (χ3v) is 4.40. The standard InChI is InChI=1S/C17H24BrNO6/c1-9-13(18)10(8-12(20)14(9)23-5)7-11(15(21)24-6)19-16(22)25-17(2,3)4/h8,11,20H,7H2,1-6H3,(H,19,22)/t11-/m0/s1. The van der Waals surface area contributed by atoms with Crippen LogP contribution in [0.3, 0.4) is 0 Å². The summed E-state index contributed by atoms with van der Waals surface area (Å²) in [7, 11) is 2.69. The van der Waals surface area contributed by atoms with Gasteiger partial charge in [0.15, 0.2) is 11.5 Å². The second-order valence-corrected chi connectivity index (χ2v) is 7.25. The van der Waals surface area contributed by atoms with Crippen LogP contribution in [-0.4, -0.2) is 43.0 Å². The molecule has 0 spiro atoms. The summed E-state index contributed by atoms with van der Waals surface area (Å²) in [4.78, 5) is 24.0. The lowest BCUT2D eigenvalue weighted by Crippen LogP contribution is -2.45. The van der Waals surface area contributed by atoms with E-state index < -0.39 is 23.7 Å². The number of ether oxygens (including phenoxy) is 3. The third kappa shape index (κ3) is 5.81. The molecule has 0 bridgehead atoms. The zero-order chi connectivity index (χ0) is 19.4. The van der Waals surface area contributed by atoms with E-state index in [2.05, 4.69) is 21.2 Å². The van der Waals surface area contributed by atoms with Crippen LogP contribution in [0, 0.1) is 6.92 Å². The lowest BCUT2D eigenvalue weighted by Gasteiger charge is -2.23. The molecule has 1 amide bonds. The van der Waals surface area contributed by atoms with Crippen molar-refractivity contribution in [2.75, 3.05) is 14.2 Å². The molecule has 1 atom stereocenters. The van der Waals surface area contributed by atoms with Crippen LogP contribution in [0.15, 0.2) is 10.5 Å². The summed E-state index contributed by atoms with van der Waals surface area (Å²) < 4.78 is 15.7. The quantitative estimate of drug-likeness (QED) is 0.714. The number of alkyl carbamates (subject to hydrolysis) is 1. The largest absolute Gasteiger partial charge is 0.504 e. The van der Waals surface area contributed by atoms with E-state index in [1.54, 1.807) is 27.7 Å². The Morgan fingerprint density at radius 2 is 1.92 bits per heavy atom. The van der Waals surface area contributed by atoms with Gasteiger partial charge in [-0.1, -0.05) is 15.9 Å². The van der Waals surface area contributed by atoms with Gasteiger partial charge < -0.3 is 24.6 Å². The summed E-state index contributed by atoms with van der Waals surface area (Å²) in [5, 5.41) is 12.6. The molecule has 140 valence electrons. The molecule has 2 N–H and O–H groups in total. The van der Waals surface area contributed by atoms with E-state index in [9.17, 15) is 14.7 Å². The first kappa shape index (κ1) is 21.1. The maximum Gasteiger partial charge on any atom is 0.408 e. The molecule has 0 saturated carbocycles. The number of phenols is 1. The summed E-state index contributed by atoms with van der Waals surface area (Å²) in [5.41, 5.74) is 0.598. The zero-order valence-electron chi connectivity index (χ0n) is 15.2. The van der Waals surface area contributed by atoms with Gasteiger partial charge in [-0.05, 0) is 39.3 Å². The van der Waals surface area contributed by atoms with Crippen molar-refractivity contribution >= 4 is 28.0 Å². The van der Waals surface area contributed by atoms with Crippen molar-refractivity contribution in [3.05, 3.63) is 21.7 Å². The lowest BCUT2D eigenvalue weighted by atomic mass is 10.0. The van der Waals surface area contributed by atoms with E-state index in [0.29, 0.717) is 21.3 Å². The minimum Gasteiger partial charge on any atom is -0.504 e. The second-order valence-electron chi connectivity index (χ2n) is 6.45. The van der Waals surface area contributed by atoms with Crippen LogP contribution in [0.5, 0.6) is 11.5 Å². The van der Waals surface area contributed by atoms with Gasteiger partial charge in [-0.15, -0.1) is 0 Å². The van der Waals surface area contributed by atoms with Gasteiger partial charge in [-0.2, -0.15) is 0 Å². The Hall–Kier alpha value is -1.96. The van der Waals surface area contributed by atoms with E-state index in [0.717, 1.165) is 0 Å². The zero-order valence-corrected chi connectivity index (χ0v) is 16.8. The Morgan fingerprint density at radius 1 is 1.32 bits per heavy atom. The van der Waals surface area contributed by atoms with Gasteiger partial charge in [-0.25, -0.2) is 9.59 Å². The van der Waals surface area contributed by atoms with Crippen LogP contribution < -0.4 is 10.1 Å². The van der Waals surface area contributed by atoms with Crippen molar-refractivity contribution in [3.8, 4) is 11.5 Å². The van der Waals surface area contributed by atoms with Gasteiger partial charge in [0, 0.05) is 16.5 Å².